The topological polar surface area (TPSA) is 66.5 Å². The zero-order chi connectivity index (χ0) is 21.6. The van der Waals surface area contributed by atoms with Gasteiger partial charge < -0.3 is 5.32 Å². The Morgan fingerprint density at radius 3 is 2.35 bits per heavy atom. The first-order chi connectivity index (χ1) is 14.9. The Morgan fingerprint density at radius 1 is 1.00 bits per heavy atom. The molecule has 7 heteroatoms. The highest BCUT2D eigenvalue weighted by atomic mass is 32.2. The first-order valence-electron chi connectivity index (χ1n) is 10.1. The van der Waals surface area contributed by atoms with Crippen LogP contribution in [0.3, 0.4) is 0 Å². The molecule has 0 unspecified atom stereocenters. The van der Waals surface area contributed by atoms with Crippen molar-refractivity contribution >= 4 is 21.6 Å². The molecule has 5 nitrogen and oxygen atoms in total. The minimum Gasteiger partial charge on any atom is -0.348 e. The number of amides is 1. The second-order valence-electron chi connectivity index (χ2n) is 8.14. The van der Waals surface area contributed by atoms with E-state index in [1.807, 2.05) is 24.3 Å². The van der Waals surface area contributed by atoms with Gasteiger partial charge in [-0.1, -0.05) is 30.3 Å². The van der Waals surface area contributed by atoms with E-state index in [2.05, 4.69) is 5.32 Å². The largest absolute Gasteiger partial charge is 0.348 e. The second kappa shape index (κ2) is 7.20. The monoisotopic (exact) mass is 438 g/mol. The summed E-state index contributed by atoms with van der Waals surface area (Å²) in [5.74, 6) is -0.656. The van der Waals surface area contributed by atoms with Gasteiger partial charge in [0, 0.05) is 25.5 Å². The van der Waals surface area contributed by atoms with Crippen molar-refractivity contribution in [2.24, 2.45) is 0 Å². The summed E-state index contributed by atoms with van der Waals surface area (Å²) in [6.45, 7) is 0.723. The molecule has 3 aromatic rings. The molecule has 1 heterocycles. The number of carbonyl (C=O) groups is 1. The van der Waals surface area contributed by atoms with Crippen LogP contribution in [0.5, 0.6) is 0 Å². The predicted octanol–water partition coefficient (Wildman–Crippen LogP) is 4.24. The summed E-state index contributed by atoms with van der Waals surface area (Å²) in [6.07, 6.45) is 2.01. The molecule has 0 saturated heterocycles. The molecule has 1 spiro atoms. The quantitative estimate of drug-likeness (QED) is 0.648. The van der Waals surface area contributed by atoms with Crippen molar-refractivity contribution in [3.8, 4) is 0 Å². The van der Waals surface area contributed by atoms with Gasteiger partial charge in [-0.2, -0.15) is 0 Å². The van der Waals surface area contributed by atoms with E-state index in [4.69, 9.17) is 0 Å². The van der Waals surface area contributed by atoms with Crippen LogP contribution in [0, 0.1) is 5.82 Å². The number of carbonyl (C=O) groups excluding carboxylic acids is 1. The Bertz CT molecular complexity index is 1260. The zero-order valence-electron chi connectivity index (χ0n) is 16.7. The number of benzene rings is 3. The van der Waals surface area contributed by atoms with Crippen molar-refractivity contribution in [2.45, 2.75) is 29.7 Å². The minimum absolute atomic E-state index is 0. The van der Waals surface area contributed by atoms with E-state index >= 15 is 0 Å². The van der Waals surface area contributed by atoms with Crippen molar-refractivity contribution in [2.75, 3.05) is 10.8 Å². The lowest BCUT2D eigenvalue weighted by atomic mass is 9.99. The van der Waals surface area contributed by atoms with Gasteiger partial charge in [-0.05, 0) is 66.4 Å². The Balaban J connectivity index is 0.00000245. The molecule has 5 rings (SSSR count). The number of hydrogen-bond acceptors (Lipinski definition) is 3. The number of sulfonamides is 1. The summed E-state index contributed by atoms with van der Waals surface area (Å²) in [7, 11) is -3.72. The van der Waals surface area contributed by atoms with E-state index in [0.29, 0.717) is 12.1 Å². The van der Waals surface area contributed by atoms with Gasteiger partial charge in [0.25, 0.3) is 15.9 Å². The smallest absolute Gasteiger partial charge is 0.264 e. The van der Waals surface area contributed by atoms with Crippen LogP contribution in [-0.4, -0.2) is 20.9 Å². The van der Waals surface area contributed by atoms with Crippen LogP contribution in [0.4, 0.5) is 10.1 Å². The van der Waals surface area contributed by atoms with E-state index in [9.17, 15) is 17.6 Å². The predicted molar refractivity (Wildman–Crippen MR) is 118 cm³/mol. The molecule has 0 atom stereocenters. The zero-order valence-corrected chi connectivity index (χ0v) is 17.5. The summed E-state index contributed by atoms with van der Waals surface area (Å²) in [4.78, 5) is 12.6. The van der Waals surface area contributed by atoms with Gasteiger partial charge in [0.2, 0.25) is 0 Å². The second-order valence-corrected chi connectivity index (χ2v) is 10.0. The molecule has 1 N–H and O–H groups in total. The van der Waals surface area contributed by atoms with E-state index in [-0.39, 0.29) is 30.0 Å². The molecule has 160 valence electrons. The van der Waals surface area contributed by atoms with Crippen molar-refractivity contribution in [1.29, 1.82) is 0 Å². The highest BCUT2D eigenvalue weighted by molar-refractivity contribution is 7.92. The number of fused-ring (bicyclic) bond motifs is 2. The molecule has 1 fully saturated rings. The van der Waals surface area contributed by atoms with Gasteiger partial charge in [-0.25, -0.2) is 12.8 Å². The lowest BCUT2D eigenvalue weighted by Gasteiger charge is -2.20. The molecule has 1 aliphatic carbocycles. The van der Waals surface area contributed by atoms with E-state index in [1.165, 1.54) is 40.7 Å². The maximum atomic E-state index is 13.3. The third-order valence-electron chi connectivity index (χ3n) is 6.11. The maximum absolute atomic E-state index is 13.3. The van der Waals surface area contributed by atoms with Gasteiger partial charge in [-0.3, -0.25) is 9.10 Å². The third-order valence-corrected chi connectivity index (χ3v) is 7.89. The van der Waals surface area contributed by atoms with Crippen LogP contribution in [0.2, 0.25) is 0 Å². The van der Waals surface area contributed by atoms with Gasteiger partial charge in [0.05, 0.1) is 10.6 Å². The Kier molecular flexibility index (Phi) is 4.59. The number of rotatable bonds is 5. The van der Waals surface area contributed by atoms with Crippen LogP contribution in [-0.2, 0) is 22.0 Å². The van der Waals surface area contributed by atoms with Crippen LogP contribution >= 0.6 is 0 Å². The van der Waals surface area contributed by atoms with Crippen molar-refractivity contribution in [3.05, 3.63) is 95.3 Å². The molecule has 31 heavy (non-hydrogen) atoms. The van der Waals surface area contributed by atoms with Crippen molar-refractivity contribution in [1.82, 2.24) is 5.32 Å². The molecular formula is C24H23FN2O3S. The summed E-state index contributed by atoms with van der Waals surface area (Å²) >= 11 is 0. The van der Waals surface area contributed by atoms with Gasteiger partial charge >= 0.3 is 0 Å². The normalized spacial score (nSPS) is 16.2. The number of halogens is 1. The van der Waals surface area contributed by atoms with E-state index in [1.54, 1.807) is 12.1 Å². The number of anilines is 1. The first-order valence-corrected chi connectivity index (χ1v) is 11.6. The molecule has 0 bridgehead atoms. The fourth-order valence-electron chi connectivity index (χ4n) is 4.17. The lowest BCUT2D eigenvalue weighted by Crippen LogP contribution is -2.31. The minimum atomic E-state index is -3.72. The Morgan fingerprint density at radius 2 is 1.68 bits per heavy atom. The van der Waals surface area contributed by atoms with Crippen LogP contribution < -0.4 is 9.62 Å². The standard InChI is InChI=1S/C24H21FN2O3S.H2/c25-19-9-5-17(6-10-19)15-26-23(28)18-7-11-20(12-8-18)31(29,30)27-16-24(13-14-24)21-3-1-2-4-22(21)27;/h1-12H,13-16H2,(H,26,28);1H. The maximum Gasteiger partial charge on any atom is 0.264 e. The molecule has 1 saturated carbocycles. The van der Waals surface area contributed by atoms with E-state index < -0.39 is 10.0 Å². The van der Waals surface area contributed by atoms with Crippen molar-refractivity contribution < 1.29 is 19.0 Å². The average Bonchev–Trinajstić information content (AvgIpc) is 3.49. The molecule has 0 radical (unpaired) electrons. The summed E-state index contributed by atoms with van der Waals surface area (Å²) < 4.78 is 41.1. The SMILES string of the molecule is O=C(NCc1ccc(F)cc1)c1ccc(S(=O)(=O)N2CC3(CC3)c3ccccc32)cc1.[HH]. The van der Waals surface area contributed by atoms with Crippen LogP contribution in [0.25, 0.3) is 0 Å². The fraction of sp³-hybridized carbons (Fsp3) is 0.208. The first kappa shape index (κ1) is 19.8. The Labute approximate surface area is 182 Å². The number of nitrogens with one attached hydrogen (secondary N) is 1. The van der Waals surface area contributed by atoms with Gasteiger partial charge in [0.1, 0.15) is 5.82 Å². The van der Waals surface area contributed by atoms with Crippen LogP contribution in [0.1, 0.15) is 35.8 Å². The van der Waals surface area contributed by atoms with Gasteiger partial charge in [-0.15, -0.1) is 0 Å². The summed E-state index contributed by atoms with van der Waals surface area (Å²) in [6, 6.07) is 19.6. The number of hydrogen-bond donors (Lipinski definition) is 1. The number of nitrogens with zero attached hydrogens (tertiary/aromatic N) is 1. The molecular weight excluding hydrogens is 415 g/mol. The Hall–Kier alpha value is -3.19. The summed E-state index contributed by atoms with van der Waals surface area (Å²) in [5.41, 5.74) is 2.96. The van der Waals surface area contributed by atoms with Crippen LogP contribution in [0.15, 0.2) is 77.7 Å². The fourth-order valence-corrected chi connectivity index (χ4v) is 5.74. The molecule has 2 aliphatic rings. The molecule has 1 aliphatic heterocycles. The van der Waals surface area contributed by atoms with Crippen molar-refractivity contribution in [3.63, 3.8) is 0 Å². The average molecular weight is 439 g/mol. The lowest BCUT2D eigenvalue weighted by molar-refractivity contribution is 0.0951. The van der Waals surface area contributed by atoms with E-state index in [0.717, 1.165) is 29.7 Å². The number of para-hydroxylation sites is 1. The molecule has 0 aromatic heterocycles. The summed E-state index contributed by atoms with van der Waals surface area (Å²) in [5, 5.41) is 2.76. The molecule has 1 amide bonds. The molecule has 3 aromatic carbocycles. The third kappa shape index (κ3) is 3.49. The van der Waals surface area contributed by atoms with Gasteiger partial charge in [0.15, 0.2) is 0 Å². The highest BCUT2D eigenvalue weighted by Crippen LogP contribution is 2.57. The highest BCUT2D eigenvalue weighted by Gasteiger charge is 2.54.